The molecule has 0 radical (unpaired) electrons. The monoisotopic (exact) mass is 418 g/mol. The number of hydrogen-bond donors (Lipinski definition) is 2. The molecule has 2 aliphatic heterocycles. The summed E-state index contributed by atoms with van der Waals surface area (Å²) in [5.74, 6) is -2.02. The Balaban J connectivity index is 1.42. The van der Waals surface area contributed by atoms with Gasteiger partial charge in [-0.3, -0.25) is 29.4 Å². The number of carbonyl (C=O) groups is 4. The van der Waals surface area contributed by atoms with E-state index in [0.717, 1.165) is 22.6 Å². The van der Waals surface area contributed by atoms with Crippen LogP contribution >= 0.6 is 0 Å². The zero-order valence-electron chi connectivity index (χ0n) is 17.0. The molecule has 0 bridgehead atoms. The van der Waals surface area contributed by atoms with Gasteiger partial charge >= 0.3 is 0 Å². The van der Waals surface area contributed by atoms with E-state index in [0.29, 0.717) is 0 Å². The molecule has 3 atom stereocenters. The van der Waals surface area contributed by atoms with Crippen molar-refractivity contribution in [2.45, 2.75) is 37.4 Å². The average Bonchev–Trinajstić information content (AvgIpc) is 3.22. The van der Waals surface area contributed by atoms with Gasteiger partial charge in [0, 0.05) is 19.2 Å². The van der Waals surface area contributed by atoms with Gasteiger partial charge in [0.05, 0.1) is 23.2 Å². The summed E-state index contributed by atoms with van der Waals surface area (Å²) < 4.78 is 0. The van der Waals surface area contributed by atoms with Crippen molar-refractivity contribution in [3.8, 4) is 0 Å². The molecule has 1 fully saturated rings. The van der Waals surface area contributed by atoms with Crippen LogP contribution in [-0.2, 0) is 16.0 Å². The van der Waals surface area contributed by atoms with Crippen LogP contribution in [0.25, 0.3) is 0 Å². The van der Waals surface area contributed by atoms with E-state index in [1.807, 2.05) is 30.1 Å². The lowest BCUT2D eigenvalue weighted by Crippen LogP contribution is -2.54. The molecule has 3 N–H and O–H groups in total. The lowest BCUT2D eigenvalue weighted by Gasteiger charge is -2.30. The number of nitrogens with two attached hydrogens (primary N) is 1. The Morgan fingerprint density at radius 3 is 2.52 bits per heavy atom. The molecule has 2 aromatic carbocycles. The summed E-state index contributed by atoms with van der Waals surface area (Å²) in [6, 6.07) is 12.1. The summed E-state index contributed by atoms with van der Waals surface area (Å²) >= 11 is 0. The minimum absolute atomic E-state index is 0.0221. The highest BCUT2D eigenvalue weighted by molar-refractivity contribution is 6.23. The SMILES string of the molecule is CN(c1ccc2c(c1)C(=O)N(C1CCC(=O)NC1=O)C2=O)[C@@H]1Cc2ccccc2[C@H]1N. The Kier molecular flexibility index (Phi) is 4.40. The fraction of sp³-hybridized carbons (Fsp3) is 0.304. The van der Waals surface area contributed by atoms with Gasteiger partial charge in [0.15, 0.2) is 0 Å². The maximum Gasteiger partial charge on any atom is 0.262 e. The van der Waals surface area contributed by atoms with Crippen molar-refractivity contribution in [2.24, 2.45) is 5.73 Å². The predicted molar refractivity (Wildman–Crippen MR) is 112 cm³/mol. The fourth-order valence-electron chi connectivity index (χ4n) is 4.85. The molecular formula is C23H22N4O4. The molecule has 0 aromatic heterocycles. The topological polar surface area (TPSA) is 113 Å². The first-order valence-electron chi connectivity index (χ1n) is 10.3. The van der Waals surface area contributed by atoms with E-state index in [-0.39, 0.29) is 36.1 Å². The molecule has 2 heterocycles. The number of imide groups is 2. The van der Waals surface area contributed by atoms with Crippen molar-refractivity contribution >= 4 is 29.3 Å². The number of fused-ring (bicyclic) bond motifs is 2. The fourth-order valence-corrected chi connectivity index (χ4v) is 4.85. The zero-order valence-corrected chi connectivity index (χ0v) is 17.0. The van der Waals surface area contributed by atoms with Crippen LogP contribution in [0.5, 0.6) is 0 Å². The number of amides is 4. The van der Waals surface area contributed by atoms with E-state index in [4.69, 9.17) is 5.73 Å². The van der Waals surface area contributed by atoms with Gasteiger partial charge in [0.1, 0.15) is 6.04 Å². The molecular weight excluding hydrogens is 396 g/mol. The number of nitrogens with one attached hydrogen (secondary N) is 1. The third-order valence-corrected chi connectivity index (χ3v) is 6.59. The van der Waals surface area contributed by atoms with Crippen LogP contribution in [0.2, 0.25) is 0 Å². The molecule has 0 spiro atoms. The molecule has 2 aromatic rings. The number of benzene rings is 2. The highest BCUT2D eigenvalue weighted by atomic mass is 16.2. The van der Waals surface area contributed by atoms with Crippen molar-refractivity contribution in [3.63, 3.8) is 0 Å². The van der Waals surface area contributed by atoms with Crippen LogP contribution in [-0.4, -0.2) is 47.7 Å². The van der Waals surface area contributed by atoms with Crippen molar-refractivity contribution < 1.29 is 19.2 Å². The van der Waals surface area contributed by atoms with Gasteiger partial charge in [-0.05, 0) is 42.2 Å². The quantitative estimate of drug-likeness (QED) is 0.723. The Hall–Kier alpha value is -3.52. The van der Waals surface area contributed by atoms with Crippen molar-refractivity contribution in [3.05, 3.63) is 64.7 Å². The summed E-state index contributed by atoms with van der Waals surface area (Å²) in [6.45, 7) is 0. The number of rotatable bonds is 3. The van der Waals surface area contributed by atoms with Gasteiger partial charge < -0.3 is 10.6 Å². The molecule has 0 saturated carbocycles. The van der Waals surface area contributed by atoms with Crippen LogP contribution in [0.1, 0.15) is 50.7 Å². The molecule has 158 valence electrons. The highest BCUT2D eigenvalue weighted by Gasteiger charge is 2.45. The molecule has 8 nitrogen and oxygen atoms in total. The van der Waals surface area contributed by atoms with E-state index in [1.54, 1.807) is 18.2 Å². The van der Waals surface area contributed by atoms with Gasteiger partial charge in [-0.15, -0.1) is 0 Å². The largest absolute Gasteiger partial charge is 0.369 e. The maximum atomic E-state index is 13.1. The molecule has 8 heteroatoms. The van der Waals surface area contributed by atoms with Gasteiger partial charge in [-0.2, -0.15) is 0 Å². The third kappa shape index (κ3) is 2.94. The molecule has 3 aliphatic rings. The summed E-state index contributed by atoms with van der Waals surface area (Å²) in [6.07, 6.45) is 1.02. The Labute approximate surface area is 179 Å². The van der Waals surface area contributed by atoms with Crippen LogP contribution < -0.4 is 16.0 Å². The van der Waals surface area contributed by atoms with Crippen LogP contribution in [0.15, 0.2) is 42.5 Å². The lowest BCUT2D eigenvalue weighted by atomic mass is 10.0. The van der Waals surface area contributed by atoms with E-state index in [1.165, 1.54) is 5.56 Å². The van der Waals surface area contributed by atoms with E-state index >= 15 is 0 Å². The number of anilines is 1. The normalized spacial score (nSPS) is 24.8. The van der Waals surface area contributed by atoms with E-state index in [2.05, 4.69) is 11.4 Å². The van der Waals surface area contributed by atoms with Crippen molar-refractivity contribution in [2.75, 3.05) is 11.9 Å². The first kappa shape index (κ1) is 19.4. The van der Waals surface area contributed by atoms with Gasteiger partial charge in [0.2, 0.25) is 11.8 Å². The first-order chi connectivity index (χ1) is 14.9. The van der Waals surface area contributed by atoms with E-state index < -0.39 is 29.7 Å². The summed E-state index contributed by atoms with van der Waals surface area (Å²) in [5.41, 5.74) is 10.1. The number of carbonyl (C=O) groups excluding carboxylic acids is 4. The van der Waals surface area contributed by atoms with Gasteiger partial charge in [0.25, 0.3) is 11.8 Å². The minimum Gasteiger partial charge on any atom is -0.369 e. The van der Waals surface area contributed by atoms with Gasteiger partial charge in [-0.25, -0.2) is 0 Å². The molecule has 4 amide bonds. The smallest absolute Gasteiger partial charge is 0.262 e. The molecule has 1 unspecified atom stereocenters. The summed E-state index contributed by atoms with van der Waals surface area (Å²) in [4.78, 5) is 52.6. The second kappa shape index (κ2) is 7.02. The molecule has 1 saturated heterocycles. The second-order valence-electron chi connectivity index (χ2n) is 8.28. The minimum atomic E-state index is -0.968. The van der Waals surface area contributed by atoms with Crippen LogP contribution in [0.3, 0.4) is 0 Å². The average molecular weight is 418 g/mol. The van der Waals surface area contributed by atoms with Gasteiger partial charge in [-0.1, -0.05) is 24.3 Å². The Bertz CT molecular complexity index is 1140. The standard InChI is InChI=1S/C23H22N4O4/c1-26(18-10-12-4-2-3-5-14(12)20(18)24)13-6-7-15-16(11-13)23(31)27(22(15)30)17-8-9-19(28)25-21(17)29/h2-7,11,17-18,20H,8-10,24H2,1H3,(H,25,28,29)/t17?,18-,20-/m1/s1. The molecule has 1 aliphatic carbocycles. The number of hydrogen-bond acceptors (Lipinski definition) is 6. The maximum absolute atomic E-state index is 13.1. The summed E-state index contributed by atoms with van der Waals surface area (Å²) in [5, 5.41) is 2.21. The van der Waals surface area contributed by atoms with Crippen LogP contribution in [0.4, 0.5) is 5.69 Å². The number of piperidine rings is 1. The third-order valence-electron chi connectivity index (χ3n) is 6.59. The van der Waals surface area contributed by atoms with Crippen molar-refractivity contribution in [1.29, 1.82) is 0 Å². The molecule has 5 rings (SSSR count). The Morgan fingerprint density at radius 2 is 1.77 bits per heavy atom. The van der Waals surface area contributed by atoms with Crippen molar-refractivity contribution in [1.82, 2.24) is 10.2 Å². The predicted octanol–water partition coefficient (Wildman–Crippen LogP) is 1.15. The number of likely N-dealkylation sites (N-methyl/N-ethyl adjacent to an activating group) is 1. The number of nitrogens with zero attached hydrogens (tertiary/aromatic N) is 2. The summed E-state index contributed by atoms with van der Waals surface area (Å²) in [7, 11) is 1.93. The Morgan fingerprint density at radius 1 is 1.03 bits per heavy atom. The van der Waals surface area contributed by atoms with E-state index in [9.17, 15) is 19.2 Å². The van der Waals surface area contributed by atoms with Crippen LogP contribution in [0, 0.1) is 0 Å². The second-order valence-corrected chi connectivity index (χ2v) is 8.28. The highest BCUT2D eigenvalue weighted by Crippen LogP contribution is 2.36. The zero-order chi connectivity index (χ0) is 21.9. The first-order valence-corrected chi connectivity index (χ1v) is 10.3. The molecule has 31 heavy (non-hydrogen) atoms. The lowest BCUT2D eigenvalue weighted by molar-refractivity contribution is -0.136.